The molecule has 0 atom stereocenters. The highest BCUT2D eigenvalue weighted by Crippen LogP contribution is 2.54. The molecule has 0 saturated carbocycles. The van der Waals surface area contributed by atoms with E-state index < -0.39 is 7.26 Å². The molecule has 1 N–H and O–H groups in total. The minimum atomic E-state index is -2.14. The van der Waals surface area contributed by atoms with Gasteiger partial charge in [0.25, 0.3) is 0 Å². The van der Waals surface area contributed by atoms with Gasteiger partial charge in [0.1, 0.15) is 34.3 Å². The van der Waals surface area contributed by atoms with Gasteiger partial charge in [-0.2, -0.15) is 0 Å². The summed E-state index contributed by atoms with van der Waals surface area (Å²) in [7, 11) is -2.14. The van der Waals surface area contributed by atoms with Gasteiger partial charge in [-0.3, -0.25) is 0 Å². The molecule has 206 valence electrons. The summed E-state index contributed by atoms with van der Waals surface area (Å²) in [5.74, 6) is 0.890. The minimum absolute atomic E-state index is 0. The van der Waals surface area contributed by atoms with Crippen molar-refractivity contribution in [2.24, 2.45) is 0 Å². The number of imidazole rings is 1. The Hall–Kier alpha value is -4.56. The molecule has 1 aromatic heterocycles. The number of nitrogens with zero attached hydrogens (tertiary/aromatic N) is 1. The number of aromatic amines is 1. The Morgan fingerprint density at radius 3 is 1.30 bits per heavy atom. The van der Waals surface area contributed by atoms with Crippen LogP contribution in [0.25, 0.3) is 44.0 Å². The zero-order chi connectivity index (χ0) is 27.9. The molecule has 0 radical (unpaired) electrons. The average molecular weight is 636 g/mol. The molecule has 0 aliphatic carbocycles. The third-order valence-corrected chi connectivity index (χ3v) is 12.6. The Morgan fingerprint density at radius 1 is 0.395 bits per heavy atom. The van der Waals surface area contributed by atoms with Gasteiger partial charge in [-0.15, -0.1) is 0 Å². The van der Waals surface area contributed by atoms with E-state index in [4.69, 9.17) is 4.98 Å². The quantitative estimate of drug-likeness (QED) is 0.206. The summed E-state index contributed by atoms with van der Waals surface area (Å²) < 4.78 is 0. The third-order valence-electron chi connectivity index (χ3n) is 8.33. The number of hydrogen-bond acceptors (Lipinski definition) is 1. The summed E-state index contributed by atoms with van der Waals surface area (Å²) in [5, 5.41) is 10.2. The lowest BCUT2D eigenvalue weighted by Gasteiger charge is -2.27. The SMILES string of the molecule is [Br-].c1ccc([P+](c2ccccc2)(c2ccccc2)c2ccc(-c3nc4c5ccccc5c5ccccc5c4[nH]3)cc2)cc1. The second-order valence-electron chi connectivity index (χ2n) is 10.6. The molecule has 1 heterocycles. The number of aromatic nitrogens is 2. The Balaban J connectivity index is 0.00000300. The van der Waals surface area contributed by atoms with E-state index in [0.29, 0.717) is 0 Å². The molecule has 2 nitrogen and oxygen atoms in total. The van der Waals surface area contributed by atoms with Gasteiger partial charge < -0.3 is 22.0 Å². The minimum Gasteiger partial charge on any atom is -1.00 e. The zero-order valence-electron chi connectivity index (χ0n) is 23.4. The van der Waals surface area contributed by atoms with Gasteiger partial charge in [-0.05, 0) is 71.4 Å². The van der Waals surface area contributed by atoms with Gasteiger partial charge in [0.2, 0.25) is 0 Å². The van der Waals surface area contributed by atoms with Crippen molar-refractivity contribution in [1.29, 1.82) is 0 Å². The summed E-state index contributed by atoms with van der Waals surface area (Å²) in [6, 6.07) is 59.3. The lowest BCUT2D eigenvalue weighted by molar-refractivity contribution is -0.00000793. The van der Waals surface area contributed by atoms with E-state index in [1.54, 1.807) is 0 Å². The zero-order valence-corrected chi connectivity index (χ0v) is 25.8. The Kier molecular flexibility index (Phi) is 7.15. The van der Waals surface area contributed by atoms with Crippen LogP contribution < -0.4 is 38.2 Å². The highest BCUT2D eigenvalue weighted by atomic mass is 79.9. The molecule has 0 unspecified atom stereocenters. The molecule has 43 heavy (non-hydrogen) atoms. The fraction of sp³-hybridized carbons (Fsp3) is 0. The van der Waals surface area contributed by atoms with Crippen molar-refractivity contribution < 1.29 is 17.0 Å². The summed E-state index contributed by atoms with van der Waals surface area (Å²) in [6.45, 7) is 0. The van der Waals surface area contributed by atoms with Crippen LogP contribution in [0.1, 0.15) is 0 Å². The topological polar surface area (TPSA) is 28.7 Å². The van der Waals surface area contributed by atoms with Crippen LogP contribution in [-0.2, 0) is 0 Å². The standard InChI is InChI=1S/C39H28N2P.BrH/c1-4-14-29(15-5-1)42(30-16-6-2-7-17-30,31-18-8-3-9-19-31)32-26-24-28(25-27-32)39-40-37-35-22-12-10-20-33(35)34-21-11-13-23-36(34)38(37)41-39;/h1-27H,(H,40,41);1H/q+1;/p-1. The van der Waals surface area contributed by atoms with Gasteiger partial charge in [0.05, 0.1) is 11.0 Å². The van der Waals surface area contributed by atoms with E-state index in [1.165, 1.54) is 42.8 Å². The molecular weight excluding hydrogens is 607 g/mol. The Morgan fingerprint density at radius 2 is 0.791 bits per heavy atom. The fourth-order valence-corrected chi connectivity index (χ4v) is 10.7. The van der Waals surface area contributed by atoms with Gasteiger partial charge in [0.15, 0.2) is 0 Å². The second kappa shape index (κ2) is 11.3. The van der Waals surface area contributed by atoms with Gasteiger partial charge in [0, 0.05) is 16.3 Å². The molecule has 4 heteroatoms. The number of fused-ring (bicyclic) bond motifs is 6. The van der Waals surface area contributed by atoms with Crippen molar-refractivity contribution in [3.05, 3.63) is 164 Å². The van der Waals surface area contributed by atoms with Crippen LogP contribution in [0.3, 0.4) is 0 Å². The lowest BCUT2D eigenvalue weighted by Crippen LogP contribution is -3.00. The highest BCUT2D eigenvalue weighted by Gasteiger charge is 2.47. The molecule has 7 aromatic carbocycles. The van der Waals surface area contributed by atoms with Crippen molar-refractivity contribution >= 4 is 61.1 Å². The molecule has 0 spiro atoms. The smallest absolute Gasteiger partial charge is 0.144 e. The molecule has 0 aliphatic rings. The summed E-state index contributed by atoms with van der Waals surface area (Å²) in [4.78, 5) is 8.88. The van der Waals surface area contributed by atoms with Crippen molar-refractivity contribution in [2.45, 2.75) is 0 Å². The van der Waals surface area contributed by atoms with Gasteiger partial charge >= 0.3 is 0 Å². The molecule has 0 aliphatic heterocycles. The largest absolute Gasteiger partial charge is 1.00 e. The summed E-state index contributed by atoms with van der Waals surface area (Å²) >= 11 is 0. The third kappa shape index (κ3) is 4.39. The number of nitrogens with one attached hydrogen (secondary N) is 1. The average Bonchev–Trinajstić information content (AvgIpc) is 3.53. The van der Waals surface area contributed by atoms with E-state index in [2.05, 4.69) is 169 Å². The van der Waals surface area contributed by atoms with Crippen LogP contribution in [0.2, 0.25) is 0 Å². The van der Waals surface area contributed by atoms with E-state index in [0.717, 1.165) is 22.4 Å². The van der Waals surface area contributed by atoms with E-state index in [-0.39, 0.29) is 17.0 Å². The molecule has 0 bridgehead atoms. The normalized spacial score (nSPS) is 11.5. The Bertz CT molecular complexity index is 2010. The van der Waals surface area contributed by atoms with Crippen LogP contribution in [0.15, 0.2) is 164 Å². The Labute approximate surface area is 262 Å². The van der Waals surface area contributed by atoms with Crippen LogP contribution in [0.5, 0.6) is 0 Å². The maximum absolute atomic E-state index is 5.18. The van der Waals surface area contributed by atoms with Crippen LogP contribution in [-0.4, -0.2) is 9.97 Å². The van der Waals surface area contributed by atoms with Gasteiger partial charge in [-0.1, -0.05) is 103 Å². The molecule has 0 amide bonds. The van der Waals surface area contributed by atoms with Crippen molar-refractivity contribution in [1.82, 2.24) is 9.97 Å². The number of rotatable bonds is 5. The predicted molar refractivity (Wildman–Crippen MR) is 181 cm³/mol. The van der Waals surface area contributed by atoms with E-state index in [9.17, 15) is 0 Å². The first-order valence-corrected chi connectivity index (χ1v) is 16.1. The number of hydrogen-bond donors (Lipinski definition) is 1. The fourth-order valence-electron chi connectivity index (χ4n) is 6.45. The molecule has 8 aromatic rings. The second-order valence-corrected chi connectivity index (χ2v) is 14.0. The first-order valence-electron chi connectivity index (χ1n) is 14.3. The molecule has 0 fully saturated rings. The highest BCUT2D eigenvalue weighted by molar-refractivity contribution is 8.01. The summed E-state index contributed by atoms with van der Waals surface area (Å²) in [5.41, 5.74) is 3.18. The molecule has 8 rings (SSSR count). The van der Waals surface area contributed by atoms with Gasteiger partial charge in [-0.25, -0.2) is 4.98 Å². The number of benzene rings is 7. The maximum Gasteiger partial charge on any atom is 0.144 e. The first-order chi connectivity index (χ1) is 20.8. The monoisotopic (exact) mass is 634 g/mol. The molecular formula is C39H28BrN2P. The van der Waals surface area contributed by atoms with Crippen molar-refractivity contribution in [2.75, 3.05) is 0 Å². The lowest BCUT2D eigenvalue weighted by atomic mass is 10.0. The van der Waals surface area contributed by atoms with Crippen molar-refractivity contribution in [3.8, 4) is 11.4 Å². The van der Waals surface area contributed by atoms with Crippen LogP contribution in [0, 0.1) is 0 Å². The predicted octanol–water partition coefficient (Wildman–Crippen LogP) is 5.16. The van der Waals surface area contributed by atoms with E-state index in [1.807, 2.05) is 0 Å². The summed E-state index contributed by atoms with van der Waals surface area (Å²) in [6.07, 6.45) is 0. The molecule has 0 saturated heterocycles. The maximum atomic E-state index is 5.18. The number of halogens is 1. The van der Waals surface area contributed by atoms with Crippen LogP contribution >= 0.6 is 7.26 Å². The number of H-pyrrole nitrogens is 1. The first kappa shape index (κ1) is 27.3. The van der Waals surface area contributed by atoms with Crippen molar-refractivity contribution in [3.63, 3.8) is 0 Å². The van der Waals surface area contributed by atoms with E-state index >= 15 is 0 Å². The van der Waals surface area contributed by atoms with Crippen LogP contribution in [0.4, 0.5) is 0 Å².